The highest BCUT2D eigenvalue weighted by Gasteiger charge is 2.32. The van der Waals surface area contributed by atoms with Crippen LogP contribution in [0.1, 0.15) is 33.1 Å². The molecule has 0 radical (unpaired) electrons. The summed E-state index contributed by atoms with van der Waals surface area (Å²) in [5.74, 6) is 0.285. The van der Waals surface area contributed by atoms with Gasteiger partial charge in [-0.05, 0) is 19.4 Å². The minimum Gasteiger partial charge on any atom is -0.387 e. The van der Waals surface area contributed by atoms with Crippen LogP contribution in [-0.2, 0) is 9.47 Å². The Labute approximate surface area is 116 Å². The third-order valence-corrected chi connectivity index (χ3v) is 4.15. The normalized spacial score (nSPS) is 24.8. The van der Waals surface area contributed by atoms with Crippen LogP contribution in [0.15, 0.2) is 0 Å². The van der Waals surface area contributed by atoms with Crippen LogP contribution in [0, 0.1) is 10.8 Å². The second kappa shape index (κ2) is 7.22. The number of nitrogens with one attached hydrogen (secondary N) is 1. The maximum atomic E-state index is 7.54. The number of ether oxygens (including phenoxy) is 2. The number of hydrogen-bond acceptors (Lipinski definition) is 4. The molecule has 0 saturated carbocycles. The van der Waals surface area contributed by atoms with E-state index < -0.39 is 0 Å². The van der Waals surface area contributed by atoms with Gasteiger partial charge in [0.2, 0.25) is 0 Å². The minimum absolute atomic E-state index is 0.171. The van der Waals surface area contributed by atoms with Crippen molar-refractivity contribution in [2.75, 3.05) is 33.9 Å². The van der Waals surface area contributed by atoms with Gasteiger partial charge in [0.05, 0.1) is 18.0 Å². The van der Waals surface area contributed by atoms with Crippen molar-refractivity contribution in [3.8, 4) is 0 Å². The number of rotatable bonds is 8. The number of likely N-dealkylation sites (tertiary alicyclic amines) is 1. The first-order valence-electron chi connectivity index (χ1n) is 7.03. The molecule has 0 aromatic rings. The fraction of sp³-hybridized carbons (Fsp3) is 0.929. The first-order valence-corrected chi connectivity index (χ1v) is 7.03. The molecule has 1 aliphatic rings. The average molecular weight is 271 g/mol. The quantitative estimate of drug-likeness (QED) is 0.398. The Morgan fingerprint density at radius 3 is 2.16 bits per heavy atom. The Morgan fingerprint density at radius 1 is 1.21 bits per heavy atom. The molecule has 0 amide bonds. The summed E-state index contributed by atoms with van der Waals surface area (Å²) in [4.78, 5) is 2.39. The molecule has 1 saturated heterocycles. The fourth-order valence-corrected chi connectivity index (χ4v) is 2.49. The lowest BCUT2D eigenvalue weighted by molar-refractivity contribution is -0.00461. The lowest BCUT2D eigenvalue weighted by Crippen LogP contribution is -2.31. The van der Waals surface area contributed by atoms with Gasteiger partial charge in [0, 0.05) is 32.7 Å². The molecule has 1 aliphatic heterocycles. The molecule has 5 heteroatoms. The van der Waals surface area contributed by atoms with E-state index in [2.05, 4.69) is 4.90 Å². The van der Waals surface area contributed by atoms with Crippen molar-refractivity contribution >= 4 is 5.84 Å². The Hall–Kier alpha value is -0.650. The predicted octanol–water partition coefficient (Wildman–Crippen LogP) is 1.46. The molecule has 0 aromatic heterocycles. The number of amidine groups is 1. The minimum atomic E-state index is -0.171. The lowest BCUT2D eigenvalue weighted by atomic mass is 9.86. The average Bonchev–Trinajstić information content (AvgIpc) is 2.76. The van der Waals surface area contributed by atoms with Crippen molar-refractivity contribution < 1.29 is 9.47 Å². The zero-order valence-electron chi connectivity index (χ0n) is 12.7. The van der Waals surface area contributed by atoms with E-state index >= 15 is 0 Å². The number of hydrogen-bond donors (Lipinski definition) is 2. The third kappa shape index (κ3) is 4.75. The molecule has 0 aliphatic carbocycles. The van der Waals surface area contributed by atoms with Gasteiger partial charge in [-0.3, -0.25) is 10.3 Å². The van der Waals surface area contributed by atoms with Gasteiger partial charge in [0.15, 0.2) is 0 Å². The van der Waals surface area contributed by atoms with Gasteiger partial charge in [0.1, 0.15) is 0 Å². The summed E-state index contributed by atoms with van der Waals surface area (Å²) < 4.78 is 10.9. The Kier molecular flexibility index (Phi) is 6.23. The molecule has 5 nitrogen and oxygen atoms in total. The van der Waals surface area contributed by atoms with E-state index in [9.17, 15) is 0 Å². The third-order valence-electron chi connectivity index (χ3n) is 4.15. The maximum absolute atomic E-state index is 7.54. The van der Waals surface area contributed by atoms with Crippen LogP contribution >= 0.6 is 0 Å². The number of methoxy groups -OCH3 is 2. The second-order valence-electron chi connectivity index (χ2n) is 6.06. The summed E-state index contributed by atoms with van der Waals surface area (Å²) in [6.07, 6.45) is 3.58. The van der Waals surface area contributed by atoms with Crippen LogP contribution in [0.25, 0.3) is 0 Å². The Bertz CT molecular complexity index is 282. The SMILES string of the molecule is COC1CN(CCCCC(C)(C)C(=N)N)CC1OC. The molecular formula is C14H29N3O2. The first-order chi connectivity index (χ1) is 8.90. The number of unbranched alkanes of at least 4 members (excludes halogenated alkanes) is 1. The maximum Gasteiger partial charge on any atom is 0.0971 e. The van der Waals surface area contributed by atoms with Gasteiger partial charge in [0.25, 0.3) is 0 Å². The summed E-state index contributed by atoms with van der Waals surface area (Å²) in [6.45, 7) is 7.03. The van der Waals surface area contributed by atoms with Crippen LogP contribution in [0.4, 0.5) is 0 Å². The molecule has 1 heterocycles. The van der Waals surface area contributed by atoms with Crippen LogP contribution < -0.4 is 5.73 Å². The fourth-order valence-electron chi connectivity index (χ4n) is 2.49. The van der Waals surface area contributed by atoms with Crippen LogP contribution in [0.3, 0.4) is 0 Å². The van der Waals surface area contributed by atoms with Crippen LogP contribution in [0.2, 0.25) is 0 Å². The molecule has 3 N–H and O–H groups in total. The monoisotopic (exact) mass is 271 g/mol. The largest absolute Gasteiger partial charge is 0.387 e. The summed E-state index contributed by atoms with van der Waals surface area (Å²) in [6, 6.07) is 0. The highest BCUT2D eigenvalue weighted by Crippen LogP contribution is 2.23. The summed E-state index contributed by atoms with van der Waals surface area (Å²) in [5.41, 5.74) is 5.42. The Balaban J connectivity index is 2.22. The first kappa shape index (κ1) is 16.4. The van der Waals surface area contributed by atoms with Gasteiger partial charge in [-0.2, -0.15) is 0 Å². The van der Waals surface area contributed by atoms with E-state index in [0.29, 0.717) is 0 Å². The topological polar surface area (TPSA) is 71.6 Å². The summed E-state index contributed by atoms with van der Waals surface area (Å²) >= 11 is 0. The highest BCUT2D eigenvalue weighted by molar-refractivity contribution is 5.82. The second-order valence-corrected chi connectivity index (χ2v) is 6.06. The van der Waals surface area contributed by atoms with E-state index in [-0.39, 0.29) is 23.5 Å². The molecular weight excluding hydrogens is 242 g/mol. The smallest absolute Gasteiger partial charge is 0.0971 e. The van der Waals surface area contributed by atoms with Crippen LogP contribution in [0.5, 0.6) is 0 Å². The molecule has 0 aromatic carbocycles. The highest BCUT2D eigenvalue weighted by atomic mass is 16.5. The van der Waals surface area contributed by atoms with Gasteiger partial charge in [-0.15, -0.1) is 0 Å². The molecule has 19 heavy (non-hydrogen) atoms. The lowest BCUT2D eigenvalue weighted by Gasteiger charge is -2.23. The van der Waals surface area contributed by atoms with Crippen LogP contribution in [-0.4, -0.2) is 56.8 Å². The van der Waals surface area contributed by atoms with Crippen molar-refractivity contribution in [3.05, 3.63) is 0 Å². The van der Waals surface area contributed by atoms with Gasteiger partial charge in [-0.1, -0.05) is 20.3 Å². The van der Waals surface area contributed by atoms with Crippen molar-refractivity contribution in [3.63, 3.8) is 0 Å². The van der Waals surface area contributed by atoms with Crippen molar-refractivity contribution in [1.29, 1.82) is 5.41 Å². The van der Waals surface area contributed by atoms with Gasteiger partial charge < -0.3 is 15.2 Å². The molecule has 0 spiro atoms. The summed E-state index contributed by atoms with van der Waals surface area (Å²) in [7, 11) is 3.49. The van der Waals surface area contributed by atoms with E-state index in [1.165, 1.54) is 0 Å². The molecule has 2 atom stereocenters. The number of nitrogens with two attached hydrogens (primary N) is 1. The van der Waals surface area contributed by atoms with E-state index in [0.717, 1.165) is 38.9 Å². The zero-order valence-corrected chi connectivity index (χ0v) is 12.7. The Morgan fingerprint density at radius 2 is 1.74 bits per heavy atom. The molecule has 2 unspecified atom stereocenters. The van der Waals surface area contributed by atoms with Crippen molar-refractivity contribution in [2.45, 2.75) is 45.3 Å². The molecule has 1 rings (SSSR count). The van der Waals surface area contributed by atoms with Gasteiger partial charge in [-0.25, -0.2) is 0 Å². The summed E-state index contributed by atoms with van der Waals surface area (Å²) in [5, 5.41) is 7.54. The molecule has 0 bridgehead atoms. The van der Waals surface area contributed by atoms with E-state index in [4.69, 9.17) is 20.6 Å². The predicted molar refractivity (Wildman–Crippen MR) is 77.6 cm³/mol. The zero-order chi connectivity index (χ0) is 14.5. The number of nitrogens with zero attached hydrogens (tertiary/aromatic N) is 1. The van der Waals surface area contributed by atoms with Crippen molar-refractivity contribution in [1.82, 2.24) is 4.90 Å². The van der Waals surface area contributed by atoms with Crippen molar-refractivity contribution in [2.24, 2.45) is 11.1 Å². The van der Waals surface area contributed by atoms with E-state index in [1.54, 1.807) is 14.2 Å². The molecule has 1 fully saturated rings. The van der Waals surface area contributed by atoms with E-state index in [1.807, 2.05) is 13.8 Å². The standard InChI is InChI=1S/C14H29N3O2/c1-14(2,13(15)16)7-5-6-8-17-9-11(18-3)12(10-17)19-4/h11-12H,5-10H2,1-4H3,(H3,15,16). The molecule has 112 valence electrons. The van der Waals surface area contributed by atoms with Gasteiger partial charge >= 0.3 is 0 Å².